The Hall–Kier alpha value is -1.62. The quantitative estimate of drug-likeness (QED) is 0.814. The van der Waals surface area contributed by atoms with Crippen LogP contribution in [-0.2, 0) is 10.3 Å². The third-order valence-electron chi connectivity index (χ3n) is 3.80. The molecule has 1 aliphatic rings. The minimum Gasteiger partial charge on any atom is -0.383 e. The van der Waals surface area contributed by atoms with Gasteiger partial charge in [-0.05, 0) is 30.5 Å². The molecule has 0 aromatic heterocycles. The minimum absolute atomic E-state index is 0.201. The molecule has 0 saturated heterocycles. The summed E-state index contributed by atoms with van der Waals surface area (Å²) < 4.78 is 18.0. The molecule has 0 atom stereocenters. The highest BCUT2D eigenvalue weighted by molar-refractivity contribution is 5.75. The average Bonchev–Trinajstić information content (AvgIpc) is 2.89. The Labute approximate surface area is 118 Å². The highest BCUT2D eigenvalue weighted by atomic mass is 19.1. The number of urea groups is 1. The van der Waals surface area contributed by atoms with Gasteiger partial charge in [-0.3, -0.25) is 0 Å². The van der Waals surface area contributed by atoms with Gasteiger partial charge >= 0.3 is 6.03 Å². The molecule has 0 heterocycles. The lowest BCUT2D eigenvalue weighted by atomic mass is 9.88. The first-order valence-electron chi connectivity index (χ1n) is 6.97. The van der Waals surface area contributed by atoms with Gasteiger partial charge in [0, 0.05) is 13.7 Å². The van der Waals surface area contributed by atoms with Crippen LogP contribution in [0.25, 0.3) is 0 Å². The van der Waals surface area contributed by atoms with E-state index in [1.54, 1.807) is 19.2 Å². The summed E-state index contributed by atoms with van der Waals surface area (Å²) in [6.45, 7) is 0.957. The zero-order valence-electron chi connectivity index (χ0n) is 11.7. The van der Waals surface area contributed by atoms with Crippen molar-refractivity contribution in [3.05, 3.63) is 35.6 Å². The van der Waals surface area contributed by atoms with Gasteiger partial charge in [0.25, 0.3) is 0 Å². The second-order valence-electron chi connectivity index (χ2n) is 5.17. The Bertz CT molecular complexity index is 442. The van der Waals surface area contributed by atoms with Crippen LogP contribution in [0.5, 0.6) is 0 Å². The van der Waals surface area contributed by atoms with Crippen molar-refractivity contribution in [3.8, 4) is 0 Å². The topological polar surface area (TPSA) is 50.4 Å². The van der Waals surface area contributed by atoms with E-state index in [0.29, 0.717) is 13.2 Å². The molecular formula is C15H21FN2O2. The third kappa shape index (κ3) is 3.48. The normalized spacial score (nSPS) is 16.9. The monoisotopic (exact) mass is 280 g/mol. The summed E-state index contributed by atoms with van der Waals surface area (Å²) in [7, 11) is 1.59. The number of amides is 2. The van der Waals surface area contributed by atoms with E-state index in [1.807, 2.05) is 0 Å². The molecule has 0 unspecified atom stereocenters. The number of ether oxygens (including phenoxy) is 1. The van der Waals surface area contributed by atoms with Gasteiger partial charge in [-0.15, -0.1) is 0 Å². The molecule has 2 rings (SSSR count). The summed E-state index contributed by atoms with van der Waals surface area (Å²) in [6, 6.07) is 6.21. The zero-order valence-corrected chi connectivity index (χ0v) is 11.7. The van der Waals surface area contributed by atoms with Crippen LogP contribution in [0.4, 0.5) is 9.18 Å². The first-order valence-corrected chi connectivity index (χ1v) is 6.97. The molecule has 2 N–H and O–H groups in total. The molecule has 1 aromatic carbocycles. The second kappa shape index (κ2) is 6.70. The van der Waals surface area contributed by atoms with Crippen molar-refractivity contribution in [2.24, 2.45) is 0 Å². The van der Waals surface area contributed by atoms with Gasteiger partial charge in [0.15, 0.2) is 0 Å². The molecule has 5 heteroatoms. The fourth-order valence-corrected chi connectivity index (χ4v) is 2.76. The SMILES string of the molecule is COCCNC(=O)NC1(c2ccc(F)cc2)CCCC1. The summed E-state index contributed by atoms with van der Waals surface area (Å²) in [6.07, 6.45) is 3.90. The Balaban J connectivity index is 2.06. The average molecular weight is 280 g/mol. The van der Waals surface area contributed by atoms with Crippen molar-refractivity contribution in [2.75, 3.05) is 20.3 Å². The van der Waals surface area contributed by atoms with E-state index in [0.717, 1.165) is 31.2 Å². The van der Waals surface area contributed by atoms with Gasteiger partial charge in [0.2, 0.25) is 0 Å². The number of carbonyl (C=O) groups excluding carboxylic acids is 1. The number of hydrogen-bond acceptors (Lipinski definition) is 2. The predicted octanol–water partition coefficient (Wildman–Crippen LogP) is 2.54. The molecule has 4 nitrogen and oxygen atoms in total. The Morgan fingerprint density at radius 1 is 1.30 bits per heavy atom. The minimum atomic E-state index is -0.370. The number of rotatable bonds is 5. The number of carbonyl (C=O) groups is 1. The molecule has 2 amide bonds. The van der Waals surface area contributed by atoms with Gasteiger partial charge in [-0.25, -0.2) is 9.18 Å². The van der Waals surface area contributed by atoms with Crippen LogP contribution in [0.1, 0.15) is 31.2 Å². The lowest BCUT2D eigenvalue weighted by molar-refractivity contribution is 0.192. The number of methoxy groups -OCH3 is 1. The highest BCUT2D eigenvalue weighted by Crippen LogP contribution is 2.38. The predicted molar refractivity (Wildman–Crippen MR) is 75.0 cm³/mol. The van der Waals surface area contributed by atoms with Crippen molar-refractivity contribution in [1.82, 2.24) is 10.6 Å². The number of nitrogens with one attached hydrogen (secondary N) is 2. The standard InChI is InChI=1S/C15H21FN2O2/c1-20-11-10-17-14(19)18-15(8-2-3-9-15)12-4-6-13(16)7-5-12/h4-7H,2-3,8-11H2,1H3,(H2,17,18,19). The lowest BCUT2D eigenvalue weighted by Gasteiger charge is -2.31. The van der Waals surface area contributed by atoms with Crippen LogP contribution in [0, 0.1) is 5.82 Å². The summed E-state index contributed by atoms with van der Waals surface area (Å²) in [4.78, 5) is 12.0. The molecular weight excluding hydrogens is 259 g/mol. The van der Waals surface area contributed by atoms with E-state index in [1.165, 1.54) is 12.1 Å². The van der Waals surface area contributed by atoms with Crippen LogP contribution in [0.15, 0.2) is 24.3 Å². The molecule has 0 spiro atoms. The van der Waals surface area contributed by atoms with Crippen molar-refractivity contribution < 1.29 is 13.9 Å². The van der Waals surface area contributed by atoms with Crippen molar-refractivity contribution in [1.29, 1.82) is 0 Å². The fourth-order valence-electron chi connectivity index (χ4n) is 2.76. The van der Waals surface area contributed by atoms with Crippen LogP contribution >= 0.6 is 0 Å². The molecule has 0 radical (unpaired) electrons. The first kappa shape index (κ1) is 14.8. The van der Waals surface area contributed by atoms with Crippen LogP contribution in [0.2, 0.25) is 0 Å². The maximum absolute atomic E-state index is 13.1. The van der Waals surface area contributed by atoms with Crippen LogP contribution in [0.3, 0.4) is 0 Å². The molecule has 110 valence electrons. The van der Waals surface area contributed by atoms with Gasteiger partial charge in [0.1, 0.15) is 5.82 Å². The summed E-state index contributed by atoms with van der Waals surface area (Å²) in [5, 5.41) is 5.83. The summed E-state index contributed by atoms with van der Waals surface area (Å²) in [5.74, 6) is -0.258. The van der Waals surface area contributed by atoms with Crippen LogP contribution in [-0.4, -0.2) is 26.3 Å². The van der Waals surface area contributed by atoms with E-state index in [9.17, 15) is 9.18 Å². The molecule has 20 heavy (non-hydrogen) atoms. The zero-order chi connectivity index (χ0) is 14.4. The second-order valence-corrected chi connectivity index (χ2v) is 5.17. The molecule has 1 aliphatic carbocycles. The Morgan fingerprint density at radius 2 is 1.95 bits per heavy atom. The first-order chi connectivity index (χ1) is 9.66. The molecule has 1 saturated carbocycles. The van der Waals surface area contributed by atoms with Crippen molar-refractivity contribution in [2.45, 2.75) is 31.2 Å². The van der Waals surface area contributed by atoms with Crippen LogP contribution < -0.4 is 10.6 Å². The maximum Gasteiger partial charge on any atom is 0.315 e. The summed E-state index contributed by atoms with van der Waals surface area (Å²) >= 11 is 0. The smallest absolute Gasteiger partial charge is 0.315 e. The third-order valence-corrected chi connectivity index (χ3v) is 3.80. The van der Waals surface area contributed by atoms with Gasteiger partial charge in [0.05, 0.1) is 12.1 Å². The maximum atomic E-state index is 13.1. The van der Waals surface area contributed by atoms with E-state index in [-0.39, 0.29) is 17.4 Å². The van der Waals surface area contributed by atoms with E-state index in [2.05, 4.69) is 10.6 Å². The Kier molecular flexibility index (Phi) is 4.95. The molecule has 0 bridgehead atoms. The van der Waals surface area contributed by atoms with Crippen molar-refractivity contribution in [3.63, 3.8) is 0 Å². The van der Waals surface area contributed by atoms with E-state index in [4.69, 9.17) is 4.74 Å². The largest absolute Gasteiger partial charge is 0.383 e. The Morgan fingerprint density at radius 3 is 2.55 bits per heavy atom. The molecule has 0 aliphatic heterocycles. The summed E-state index contributed by atoms with van der Waals surface area (Å²) in [5.41, 5.74) is 0.600. The fraction of sp³-hybridized carbons (Fsp3) is 0.533. The van der Waals surface area contributed by atoms with Gasteiger partial charge in [-0.2, -0.15) is 0 Å². The van der Waals surface area contributed by atoms with Crippen molar-refractivity contribution >= 4 is 6.03 Å². The van der Waals surface area contributed by atoms with Gasteiger partial charge < -0.3 is 15.4 Å². The number of benzene rings is 1. The number of hydrogen-bond donors (Lipinski definition) is 2. The van der Waals surface area contributed by atoms with E-state index >= 15 is 0 Å². The van der Waals surface area contributed by atoms with Gasteiger partial charge in [-0.1, -0.05) is 25.0 Å². The van der Waals surface area contributed by atoms with E-state index < -0.39 is 0 Å². The molecule has 1 fully saturated rings. The number of halogens is 1. The highest BCUT2D eigenvalue weighted by Gasteiger charge is 2.36. The lowest BCUT2D eigenvalue weighted by Crippen LogP contribution is -2.49. The molecule has 1 aromatic rings.